The molecule has 0 saturated heterocycles. The predicted molar refractivity (Wildman–Crippen MR) is 119 cm³/mol. The number of anilines is 1. The molecule has 2 aromatic carbocycles. The van der Waals surface area contributed by atoms with Gasteiger partial charge in [-0.25, -0.2) is 0 Å². The average Bonchev–Trinajstić information content (AvgIpc) is 3.46. The van der Waals surface area contributed by atoms with Crippen LogP contribution in [0.1, 0.15) is 21.8 Å². The van der Waals surface area contributed by atoms with E-state index in [0.29, 0.717) is 40.3 Å². The first-order valence-electron chi connectivity index (χ1n) is 9.55. The molecule has 7 nitrogen and oxygen atoms in total. The maximum atomic E-state index is 13.0. The highest BCUT2D eigenvalue weighted by molar-refractivity contribution is 7.13. The molecule has 0 aliphatic carbocycles. The number of nitrogens with zero attached hydrogens (tertiary/aromatic N) is 2. The van der Waals surface area contributed by atoms with Crippen LogP contribution >= 0.6 is 11.3 Å². The van der Waals surface area contributed by atoms with Gasteiger partial charge in [0.1, 0.15) is 0 Å². The van der Waals surface area contributed by atoms with Crippen LogP contribution in [-0.2, 0) is 6.42 Å². The lowest BCUT2D eigenvalue weighted by Crippen LogP contribution is -2.17. The van der Waals surface area contributed by atoms with E-state index in [-0.39, 0.29) is 11.5 Å². The Kier molecular flexibility index (Phi) is 4.89. The second kappa shape index (κ2) is 8.00. The van der Waals surface area contributed by atoms with E-state index in [0.717, 1.165) is 10.4 Å². The topological polar surface area (TPSA) is 101 Å². The molecule has 0 aliphatic rings. The molecule has 3 aromatic heterocycles. The Morgan fingerprint density at radius 1 is 1.06 bits per heavy atom. The van der Waals surface area contributed by atoms with Gasteiger partial charge in [0.2, 0.25) is 17.3 Å². The van der Waals surface area contributed by atoms with Crippen molar-refractivity contribution in [3.63, 3.8) is 0 Å². The number of hydrogen-bond acceptors (Lipinski definition) is 6. The lowest BCUT2D eigenvalue weighted by molar-refractivity contribution is 0.102. The lowest BCUT2D eigenvalue weighted by Gasteiger charge is -2.11. The van der Waals surface area contributed by atoms with Crippen LogP contribution in [-0.4, -0.2) is 21.0 Å². The Morgan fingerprint density at radius 3 is 2.77 bits per heavy atom. The smallest absolute Gasteiger partial charge is 0.256 e. The summed E-state index contributed by atoms with van der Waals surface area (Å²) in [5.74, 6) is 0.632. The SMILES string of the molecule is O=C(Nc1ccccc1Cc1nc(-c2cccs2)no1)c1cc(=O)[nH]c2ccccc12. The minimum atomic E-state index is -0.362. The van der Waals surface area contributed by atoms with Gasteiger partial charge < -0.3 is 14.8 Å². The first kappa shape index (κ1) is 19.0. The Morgan fingerprint density at radius 2 is 1.90 bits per heavy atom. The molecule has 1 amide bonds. The molecule has 0 radical (unpaired) electrons. The van der Waals surface area contributed by atoms with E-state index in [1.807, 2.05) is 47.8 Å². The van der Waals surface area contributed by atoms with Crippen molar-refractivity contribution >= 4 is 33.8 Å². The number of fused-ring (bicyclic) bond motifs is 1. The van der Waals surface area contributed by atoms with Gasteiger partial charge in [-0.1, -0.05) is 47.6 Å². The van der Waals surface area contributed by atoms with E-state index >= 15 is 0 Å². The zero-order valence-corrected chi connectivity index (χ0v) is 17.0. The van der Waals surface area contributed by atoms with E-state index in [9.17, 15) is 9.59 Å². The molecule has 0 fully saturated rings. The van der Waals surface area contributed by atoms with Crippen LogP contribution in [0.3, 0.4) is 0 Å². The van der Waals surface area contributed by atoms with E-state index < -0.39 is 0 Å². The normalized spacial score (nSPS) is 11.0. The zero-order valence-electron chi connectivity index (χ0n) is 16.2. The maximum absolute atomic E-state index is 13.0. The van der Waals surface area contributed by atoms with E-state index in [2.05, 4.69) is 20.4 Å². The molecule has 0 atom stereocenters. The number of pyridine rings is 1. The number of aromatic nitrogens is 3. The standard InChI is InChI=1S/C23H16N4O3S/c28-20-13-16(15-7-2-4-9-18(15)24-20)23(29)25-17-8-3-1-6-14(17)12-21-26-22(27-30-21)19-10-5-11-31-19/h1-11,13H,12H2,(H,24,28)(H,25,29). The largest absolute Gasteiger partial charge is 0.339 e. The first-order chi connectivity index (χ1) is 15.2. The van der Waals surface area contributed by atoms with Crippen LogP contribution < -0.4 is 10.9 Å². The molecular weight excluding hydrogens is 412 g/mol. The molecule has 0 spiro atoms. The number of hydrogen-bond donors (Lipinski definition) is 2. The van der Waals surface area contributed by atoms with Crippen LogP contribution in [0, 0.1) is 0 Å². The Bertz CT molecular complexity index is 1440. The van der Waals surface area contributed by atoms with Crippen molar-refractivity contribution in [2.24, 2.45) is 0 Å². The zero-order chi connectivity index (χ0) is 21.2. The van der Waals surface area contributed by atoms with Gasteiger partial charge in [-0.15, -0.1) is 11.3 Å². The molecular formula is C23H16N4O3S. The van der Waals surface area contributed by atoms with Gasteiger partial charge >= 0.3 is 0 Å². The lowest BCUT2D eigenvalue weighted by atomic mass is 10.1. The van der Waals surface area contributed by atoms with Crippen LogP contribution in [0.4, 0.5) is 5.69 Å². The molecule has 0 unspecified atom stereocenters. The van der Waals surface area contributed by atoms with Crippen LogP contribution in [0.5, 0.6) is 0 Å². The number of nitrogens with one attached hydrogen (secondary N) is 2. The van der Waals surface area contributed by atoms with Crippen molar-refractivity contribution < 1.29 is 9.32 Å². The van der Waals surface area contributed by atoms with E-state index in [1.165, 1.54) is 17.4 Å². The molecule has 0 saturated carbocycles. The molecule has 152 valence electrons. The number of aromatic amines is 1. The highest BCUT2D eigenvalue weighted by Crippen LogP contribution is 2.24. The average molecular weight is 428 g/mol. The van der Waals surface area contributed by atoms with E-state index in [4.69, 9.17) is 4.52 Å². The van der Waals surface area contributed by atoms with Gasteiger partial charge in [0, 0.05) is 22.7 Å². The van der Waals surface area contributed by atoms with Gasteiger partial charge in [0.25, 0.3) is 5.91 Å². The number of H-pyrrole nitrogens is 1. The molecule has 5 rings (SSSR count). The van der Waals surface area contributed by atoms with Crippen LogP contribution in [0.2, 0.25) is 0 Å². The summed E-state index contributed by atoms with van der Waals surface area (Å²) >= 11 is 1.54. The Balaban J connectivity index is 1.43. The number of benzene rings is 2. The number of carbonyl (C=O) groups is 1. The summed E-state index contributed by atoms with van der Waals surface area (Å²) < 4.78 is 5.40. The van der Waals surface area contributed by atoms with Crippen LogP contribution in [0.15, 0.2) is 81.4 Å². The van der Waals surface area contributed by atoms with Crippen molar-refractivity contribution in [1.29, 1.82) is 0 Å². The third kappa shape index (κ3) is 3.88. The molecule has 5 aromatic rings. The van der Waals surface area contributed by atoms with Gasteiger partial charge in [0.15, 0.2) is 0 Å². The molecule has 8 heteroatoms. The van der Waals surface area contributed by atoms with Gasteiger partial charge in [-0.2, -0.15) is 4.98 Å². The fourth-order valence-corrected chi connectivity index (χ4v) is 4.02. The fourth-order valence-electron chi connectivity index (χ4n) is 3.37. The number of thiophene rings is 1. The maximum Gasteiger partial charge on any atom is 0.256 e. The van der Waals surface area contributed by atoms with Gasteiger partial charge in [-0.3, -0.25) is 9.59 Å². The Labute approximate surface area is 180 Å². The first-order valence-corrected chi connectivity index (χ1v) is 10.4. The number of carbonyl (C=O) groups excluding carboxylic acids is 1. The minimum Gasteiger partial charge on any atom is -0.339 e. The van der Waals surface area contributed by atoms with Gasteiger partial charge in [0.05, 0.1) is 16.9 Å². The summed E-state index contributed by atoms with van der Waals surface area (Å²) in [6, 6.07) is 19.8. The molecule has 0 bridgehead atoms. The summed E-state index contributed by atoms with van der Waals surface area (Å²) in [6.07, 6.45) is 0.366. The minimum absolute atomic E-state index is 0.312. The number of amides is 1. The molecule has 31 heavy (non-hydrogen) atoms. The molecule has 3 heterocycles. The molecule has 2 N–H and O–H groups in total. The third-order valence-electron chi connectivity index (χ3n) is 4.81. The summed E-state index contributed by atoms with van der Waals surface area (Å²) in [4.78, 5) is 33.2. The van der Waals surface area contributed by atoms with Crippen molar-refractivity contribution in [2.45, 2.75) is 6.42 Å². The van der Waals surface area contributed by atoms with Crippen molar-refractivity contribution in [3.8, 4) is 10.7 Å². The molecule has 0 aliphatic heterocycles. The summed E-state index contributed by atoms with van der Waals surface area (Å²) in [5.41, 5.74) is 2.04. The monoisotopic (exact) mass is 428 g/mol. The van der Waals surface area contributed by atoms with Gasteiger partial charge in [-0.05, 0) is 29.1 Å². The summed E-state index contributed by atoms with van der Waals surface area (Å²) in [5, 5.41) is 9.59. The second-order valence-electron chi connectivity index (χ2n) is 6.87. The predicted octanol–water partition coefficient (Wildman–Crippen LogP) is 4.48. The van der Waals surface area contributed by atoms with E-state index in [1.54, 1.807) is 18.2 Å². The second-order valence-corrected chi connectivity index (χ2v) is 7.82. The van der Waals surface area contributed by atoms with Crippen molar-refractivity contribution in [2.75, 3.05) is 5.32 Å². The summed E-state index contributed by atoms with van der Waals surface area (Å²) in [6.45, 7) is 0. The van der Waals surface area contributed by atoms with Crippen LogP contribution in [0.25, 0.3) is 21.6 Å². The van der Waals surface area contributed by atoms with Crippen molar-refractivity contribution in [1.82, 2.24) is 15.1 Å². The Hall–Kier alpha value is -4.04. The third-order valence-corrected chi connectivity index (χ3v) is 5.68. The van der Waals surface area contributed by atoms with Crippen molar-refractivity contribution in [3.05, 3.63) is 99.5 Å². The number of rotatable bonds is 5. The highest BCUT2D eigenvalue weighted by Gasteiger charge is 2.16. The summed E-state index contributed by atoms with van der Waals surface area (Å²) in [7, 11) is 0. The fraction of sp³-hybridized carbons (Fsp3) is 0.0435. The number of para-hydroxylation sites is 2. The quantitative estimate of drug-likeness (QED) is 0.430. The highest BCUT2D eigenvalue weighted by atomic mass is 32.1.